The van der Waals surface area contributed by atoms with Crippen molar-refractivity contribution < 1.29 is 14.3 Å². The summed E-state index contributed by atoms with van der Waals surface area (Å²) in [6.07, 6.45) is 4.47. The van der Waals surface area contributed by atoms with Crippen molar-refractivity contribution in [3.63, 3.8) is 0 Å². The molecule has 4 heteroatoms. The summed E-state index contributed by atoms with van der Waals surface area (Å²) in [4.78, 5) is 15.5. The molecule has 0 bridgehead atoms. The summed E-state index contributed by atoms with van der Waals surface area (Å²) in [5.74, 6) is 0.622. The molecular weight excluding hydrogens is 242 g/mol. The Kier molecular flexibility index (Phi) is 2.08. The van der Waals surface area contributed by atoms with E-state index in [-0.39, 0.29) is 11.8 Å². The molecule has 1 aromatic heterocycles. The number of aliphatic carboxylic acids is 1. The van der Waals surface area contributed by atoms with Crippen LogP contribution in [0.5, 0.6) is 0 Å². The van der Waals surface area contributed by atoms with E-state index in [2.05, 4.69) is 4.98 Å². The topological polar surface area (TPSA) is 63.3 Å². The Morgan fingerprint density at radius 1 is 1.42 bits per heavy atom. The Hall–Kier alpha value is -1.84. The highest BCUT2D eigenvalue weighted by Crippen LogP contribution is 2.51. The van der Waals surface area contributed by atoms with E-state index in [9.17, 15) is 4.79 Å². The van der Waals surface area contributed by atoms with Gasteiger partial charge in [-0.05, 0) is 43.4 Å². The maximum Gasteiger partial charge on any atom is 0.304 e. The van der Waals surface area contributed by atoms with Crippen molar-refractivity contribution in [1.29, 1.82) is 0 Å². The van der Waals surface area contributed by atoms with Gasteiger partial charge in [-0.3, -0.25) is 4.79 Å². The molecule has 0 unspecified atom stereocenters. The van der Waals surface area contributed by atoms with Gasteiger partial charge in [0.25, 0.3) is 0 Å². The minimum atomic E-state index is -0.726. The quantitative estimate of drug-likeness (QED) is 0.913. The van der Waals surface area contributed by atoms with Crippen molar-refractivity contribution in [2.24, 2.45) is 0 Å². The zero-order valence-electron chi connectivity index (χ0n) is 10.6. The number of carboxylic acids is 1. The second kappa shape index (κ2) is 3.59. The average molecular weight is 257 g/mol. The summed E-state index contributed by atoms with van der Waals surface area (Å²) >= 11 is 0. The lowest BCUT2D eigenvalue weighted by molar-refractivity contribution is -0.137. The molecule has 4 nitrogen and oxygen atoms in total. The largest absolute Gasteiger partial charge is 0.481 e. The van der Waals surface area contributed by atoms with E-state index >= 15 is 0 Å². The number of fused-ring (bicyclic) bond motifs is 1. The van der Waals surface area contributed by atoms with Crippen LogP contribution in [0.2, 0.25) is 0 Å². The second-order valence-electron chi connectivity index (χ2n) is 5.86. The van der Waals surface area contributed by atoms with Gasteiger partial charge in [0.05, 0.1) is 6.42 Å². The van der Waals surface area contributed by atoms with Gasteiger partial charge < -0.3 is 9.52 Å². The highest BCUT2D eigenvalue weighted by Gasteiger charge is 2.46. The molecule has 0 aliphatic heterocycles. The third-order valence-electron chi connectivity index (χ3n) is 4.29. The number of oxazole rings is 1. The van der Waals surface area contributed by atoms with E-state index in [1.54, 1.807) is 0 Å². The molecule has 2 aliphatic rings. The second-order valence-corrected chi connectivity index (χ2v) is 5.86. The summed E-state index contributed by atoms with van der Waals surface area (Å²) < 4.78 is 5.73. The van der Waals surface area contributed by atoms with Gasteiger partial charge in [-0.2, -0.15) is 0 Å². The Morgan fingerprint density at radius 2 is 2.21 bits per heavy atom. The molecule has 2 aliphatic carbocycles. The lowest BCUT2D eigenvalue weighted by atomic mass is 9.92. The minimum Gasteiger partial charge on any atom is -0.481 e. The summed E-state index contributed by atoms with van der Waals surface area (Å²) in [6.45, 7) is 0. The van der Waals surface area contributed by atoms with Gasteiger partial charge in [0.15, 0.2) is 11.5 Å². The number of hydrogen-bond donors (Lipinski definition) is 1. The van der Waals surface area contributed by atoms with Gasteiger partial charge in [-0.15, -0.1) is 0 Å². The predicted octanol–water partition coefficient (Wildman–Crippen LogP) is 3.21. The first-order valence-electron chi connectivity index (χ1n) is 6.79. The van der Waals surface area contributed by atoms with Crippen molar-refractivity contribution in [3.05, 3.63) is 29.7 Å². The number of benzene rings is 1. The highest BCUT2D eigenvalue weighted by molar-refractivity contribution is 5.76. The fourth-order valence-electron chi connectivity index (χ4n) is 2.79. The maximum atomic E-state index is 11.0. The SMILES string of the molecule is O=C(O)CC1(c2ccc3oc(C4CC4)nc3c2)CC1. The zero-order valence-corrected chi connectivity index (χ0v) is 10.6. The first-order valence-corrected chi connectivity index (χ1v) is 6.79. The molecule has 19 heavy (non-hydrogen) atoms. The van der Waals surface area contributed by atoms with E-state index < -0.39 is 5.97 Å². The number of nitrogens with zero attached hydrogens (tertiary/aromatic N) is 1. The van der Waals surface area contributed by atoms with Gasteiger partial charge in [0.2, 0.25) is 0 Å². The van der Waals surface area contributed by atoms with Crippen molar-refractivity contribution >= 4 is 17.1 Å². The maximum absolute atomic E-state index is 11.0. The van der Waals surface area contributed by atoms with Crippen molar-refractivity contribution in [2.45, 2.75) is 43.4 Å². The Labute approximate surface area is 110 Å². The van der Waals surface area contributed by atoms with Gasteiger partial charge >= 0.3 is 5.97 Å². The van der Waals surface area contributed by atoms with Gasteiger partial charge in [0, 0.05) is 11.3 Å². The molecule has 0 atom stereocenters. The summed E-state index contributed by atoms with van der Waals surface area (Å²) in [7, 11) is 0. The third-order valence-corrected chi connectivity index (χ3v) is 4.29. The molecule has 4 rings (SSSR count). The normalized spacial score (nSPS) is 20.6. The van der Waals surface area contributed by atoms with Crippen LogP contribution in [0.3, 0.4) is 0 Å². The number of hydrogen-bond acceptors (Lipinski definition) is 3. The van der Waals surface area contributed by atoms with Gasteiger partial charge in [-0.25, -0.2) is 4.98 Å². The van der Waals surface area contributed by atoms with Crippen LogP contribution in [0.4, 0.5) is 0 Å². The van der Waals surface area contributed by atoms with Gasteiger partial charge in [-0.1, -0.05) is 6.07 Å². The van der Waals surface area contributed by atoms with E-state index in [4.69, 9.17) is 9.52 Å². The highest BCUT2D eigenvalue weighted by atomic mass is 16.4. The van der Waals surface area contributed by atoms with Crippen LogP contribution in [0.25, 0.3) is 11.1 Å². The van der Waals surface area contributed by atoms with Crippen LogP contribution in [-0.4, -0.2) is 16.1 Å². The molecule has 2 aromatic rings. The lowest BCUT2D eigenvalue weighted by Crippen LogP contribution is -2.12. The molecule has 0 amide bonds. The Balaban J connectivity index is 1.73. The molecule has 2 fully saturated rings. The molecule has 0 saturated heterocycles. The van der Waals surface area contributed by atoms with E-state index in [0.29, 0.717) is 5.92 Å². The van der Waals surface area contributed by atoms with Crippen LogP contribution in [-0.2, 0) is 10.2 Å². The van der Waals surface area contributed by atoms with Crippen LogP contribution in [0.15, 0.2) is 22.6 Å². The molecule has 0 radical (unpaired) electrons. The Bertz CT molecular complexity index is 665. The summed E-state index contributed by atoms with van der Waals surface area (Å²) in [5.41, 5.74) is 2.63. The molecule has 0 spiro atoms. The standard InChI is InChI=1S/C15H15NO3/c17-13(18)8-15(5-6-15)10-3-4-12-11(7-10)16-14(19-12)9-1-2-9/h3-4,7,9H,1-2,5-6,8H2,(H,17,18). The van der Waals surface area contributed by atoms with Crippen molar-refractivity contribution in [3.8, 4) is 0 Å². The van der Waals surface area contributed by atoms with E-state index in [1.807, 2.05) is 18.2 Å². The molecule has 2 saturated carbocycles. The van der Waals surface area contributed by atoms with E-state index in [0.717, 1.165) is 35.4 Å². The van der Waals surface area contributed by atoms with Gasteiger partial charge in [0.1, 0.15) is 5.52 Å². The van der Waals surface area contributed by atoms with Crippen LogP contribution >= 0.6 is 0 Å². The molecule has 1 N–H and O–H groups in total. The molecule has 98 valence electrons. The van der Waals surface area contributed by atoms with Crippen LogP contribution in [0.1, 0.15) is 49.5 Å². The third kappa shape index (κ3) is 1.82. The molecular formula is C15H15NO3. The van der Waals surface area contributed by atoms with Crippen LogP contribution in [0, 0.1) is 0 Å². The van der Waals surface area contributed by atoms with Crippen molar-refractivity contribution in [2.75, 3.05) is 0 Å². The van der Waals surface area contributed by atoms with Crippen molar-refractivity contribution in [1.82, 2.24) is 4.98 Å². The first-order chi connectivity index (χ1) is 9.16. The summed E-state index contributed by atoms with van der Waals surface area (Å²) in [6, 6.07) is 5.95. The number of carboxylic acid groups (broad SMARTS) is 1. The van der Waals surface area contributed by atoms with E-state index in [1.165, 1.54) is 12.8 Å². The summed E-state index contributed by atoms with van der Waals surface area (Å²) in [5, 5.41) is 9.01. The minimum absolute atomic E-state index is 0.154. The fraction of sp³-hybridized carbons (Fsp3) is 0.467. The zero-order chi connectivity index (χ0) is 13.0. The lowest BCUT2D eigenvalue weighted by Gasteiger charge is -2.12. The van der Waals surface area contributed by atoms with Crippen LogP contribution < -0.4 is 0 Å². The fourth-order valence-corrected chi connectivity index (χ4v) is 2.79. The average Bonchev–Trinajstić information content (AvgIpc) is 3.28. The monoisotopic (exact) mass is 257 g/mol. The molecule has 1 heterocycles. The Morgan fingerprint density at radius 3 is 2.84 bits per heavy atom. The first kappa shape index (κ1) is 11.0. The number of aromatic nitrogens is 1. The smallest absolute Gasteiger partial charge is 0.304 e. The molecule has 1 aromatic carbocycles. The number of carbonyl (C=O) groups is 1. The number of rotatable bonds is 4. The predicted molar refractivity (Wildman–Crippen MR) is 69.1 cm³/mol.